The van der Waals surface area contributed by atoms with Gasteiger partial charge in [0.2, 0.25) is 11.8 Å². The molecule has 1 saturated heterocycles. The molecule has 1 aliphatic rings. The van der Waals surface area contributed by atoms with E-state index in [-0.39, 0.29) is 25.4 Å². The van der Waals surface area contributed by atoms with Crippen molar-refractivity contribution in [1.82, 2.24) is 20.0 Å². The Labute approximate surface area is 133 Å². The lowest BCUT2D eigenvalue weighted by Crippen LogP contribution is -2.46. The lowest BCUT2D eigenvalue weighted by atomic mass is 10.2. The Morgan fingerprint density at radius 2 is 2.17 bits per heavy atom. The largest absolute Gasteiger partial charge is 0.373 e. The van der Waals surface area contributed by atoms with Crippen LogP contribution < -0.4 is 11.1 Å². The lowest BCUT2D eigenvalue weighted by Gasteiger charge is -2.23. The summed E-state index contributed by atoms with van der Waals surface area (Å²) in [6.07, 6.45) is -2.45. The Morgan fingerprint density at radius 1 is 1.52 bits per heavy atom. The maximum absolute atomic E-state index is 13.6. The van der Waals surface area contributed by atoms with Gasteiger partial charge >= 0.3 is 0 Å². The van der Waals surface area contributed by atoms with Crippen LogP contribution >= 0.6 is 0 Å². The number of carbonyl (C=O) groups excluding carboxylic acids is 2. The van der Waals surface area contributed by atoms with Crippen molar-refractivity contribution >= 4 is 11.8 Å². The van der Waals surface area contributed by atoms with Crippen molar-refractivity contribution < 1.29 is 19.1 Å². The highest BCUT2D eigenvalue weighted by Crippen LogP contribution is 2.22. The van der Waals surface area contributed by atoms with Crippen molar-refractivity contribution in [2.75, 3.05) is 13.6 Å². The van der Waals surface area contributed by atoms with Crippen LogP contribution in [0, 0.1) is 13.8 Å². The number of aromatic nitrogens is 2. The predicted octanol–water partition coefficient (Wildman–Crippen LogP) is -0.865. The third-order valence-corrected chi connectivity index (χ3v) is 4.23. The van der Waals surface area contributed by atoms with Crippen LogP contribution in [0.1, 0.15) is 29.6 Å². The maximum atomic E-state index is 13.6. The molecule has 0 bridgehead atoms. The molecule has 0 spiro atoms. The molecule has 3 unspecified atom stereocenters. The third-order valence-electron chi connectivity index (χ3n) is 4.23. The Balaban J connectivity index is 2.18. The summed E-state index contributed by atoms with van der Waals surface area (Å²) in [6.45, 7) is 3.25. The summed E-state index contributed by atoms with van der Waals surface area (Å²) >= 11 is 0. The van der Waals surface area contributed by atoms with Crippen molar-refractivity contribution in [2.24, 2.45) is 5.73 Å². The van der Waals surface area contributed by atoms with Crippen molar-refractivity contribution in [3.63, 3.8) is 0 Å². The van der Waals surface area contributed by atoms with Gasteiger partial charge in [0.15, 0.2) is 0 Å². The number of aliphatic hydroxyl groups is 1. The molecule has 0 aromatic carbocycles. The SMILES string of the molecule is CNC(=O)C1CC(F)CN1C(=O)Cn1nc(C(N)O)c(C)c1C. The van der Waals surface area contributed by atoms with Gasteiger partial charge in [-0.05, 0) is 19.4 Å². The highest BCUT2D eigenvalue weighted by Gasteiger charge is 2.39. The Bertz CT molecular complexity index is 616. The fourth-order valence-corrected chi connectivity index (χ4v) is 2.79. The molecule has 2 rings (SSSR count). The number of likely N-dealkylation sites (tertiary alicyclic amines) is 1. The molecule has 9 heteroatoms. The average molecular weight is 327 g/mol. The van der Waals surface area contributed by atoms with Gasteiger partial charge in [0.1, 0.15) is 30.7 Å². The molecule has 1 fully saturated rings. The second kappa shape index (κ2) is 6.63. The quantitative estimate of drug-likeness (QED) is 0.623. The summed E-state index contributed by atoms with van der Waals surface area (Å²) in [5.74, 6) is -0.785. The van der Waals surface area contributed by atoms with E-state index in [2.05, 4.69) is 10.4 Å². The number of halogens is 1. The van der Waals surface area contributed by atoms with E-state index in [1.165, 1.54) is 16.6 Å². The molecule has 4 N–H and O–H groups in total. The van der Waals surface area contributed by atoms with Gasteiger partial charge in [-0.3, -0.25) is 14.3 Å². The molecule has 2 heterocycles. The molecular formula is C14H22FN5O3. The first-order valence-corrected chi connectivity index (χ1v) is 7.39. The van der Waals surface area contributed by atoms with Crippen LogP contribution in [0.25, 0.3) is 0 Å². The zero-order chi connectivity index (χ0) is 17.3. The minimum Gasteiger partial charge on any atom is -0.373 e. The Hall–Kier alpha value is -2.00. The van der Waals surface area contributed by atoms with Gasteiger partial charge in [-0.25, -0.2) is 4.39 Å². The highest BCUT2D eigenvalue weighted by molar-refractivity contribution is 5.88. The monoisotopic (exact) mass is 327 g/mol. The zero-order valence-electron chi connectivity index (χ0n) is 13.4. The summed E-state index contributed by atoms with van der Waals surface area (Å²) in [6, 6.07) is -0.806. The van der Waals surface area contributed by atoms with Crippen LogP contribution in [0.5, 0.6) is 0 Å². The molecule has 1 aromatic heterocycles. The molecule has 3 atom stereocenters. The summed E-state index contributed by atoms with van der Waals surface area (Å²) in [5, 5.41) is 16.0. The van der Waals surface area contributed by atoms with Crippen LogP contribution in [-0.4, -0.2) is 57.4 Å². The first-order chi connectivity index (χ1) is 10.8. The van der Waals surface area contributed by atoms with Crippen molar-refractivity contribution in [3.8, 4) is 0 Å². The van der Waals surface area contributed by atoms with Gasteiger partial charge < -0.3 is 21.1 Å². The summed E-state index contributed by atoms with van der Waals surface area (Å²) < 4.78 is 15.0. The van der Waals surface area contributed by atoms with Crippen LogP contribution in [-0.2, 0) is 16.1 Å². The number of nitrogens with zero attached hydrogens (tertiary/aromatic N) is 3. The van der Waals surface area contributed by atoms with Crippen LogP contribution in [0.4, 0.5) is 4.39 Å². The molecular weight excluding hydrogens is 305 g/mol. The fourth-order valence-electron chi connectivity index (χ4n) is 2.79. The van der Waals surface area contributed by atoms with Crippen molar-refractivity contribution in [3.05, 3.63) is 17.0 Å². The number of likely N-dealkylation sites (N-methyl/N-ethyl adjacent to an activating group) is 1. The molecule has 0 radical (unpaired) electrons. The smallest absolute Gasteiger partial charge is 0.245 e. The van der Waals surface area contributed by atoms with E-state index in [1.54, 1.807) is 13.8 Å². The molecule has 0 saturated carbocycles. The average Bonchev–Trinajstić information content (AvgIpc) is 3.02. The van der Waals surface area contributed by atoms with Crippen LogP contribution in [0.3, 0.4) is 0 Å². The summed E-state index contributed by atoms with van der Waals surface area (Å²) in [5.41, 5.74) is 7.10. The minimum absolute atomic E-state index is 0.00467. The molecule has 23 heavy (non-hydrogen) atoms. The molecule has 128 valence electrons. The lowest BCUT2D eigenvalue weighted by molar-refractivity contribution is -0.138. The number of nitrogens with two attached hydrogens (primary N) is 1. The van der Waals surface area contributed by atoms with Gasteiger partial charge in [0, 0.05) is 19.2 Å². The molecule has 1 aliphatic heterocycles. The topological polar surface area (TPSA) is 113 Å². The van der Waals surface area contributed by atoms with E-state index >= 15 is 0 Å². The van der Waals surface area contributed by atoms with E-state index in [1.807, 2.05) is 0 Å². The van der Waals surface area contributed by atoms with E-state index in [0.717, 1.165) is 0 Å². The Kier molecular flexibility index (Phi) is 5.00. The number of hydrogen-bond donors (Lipinski definition) is 3. The van der Waals surface area contributed by atoms with E-state index < -0.39 is 24.3 Å². The van der Waals surface area contributed by atoms with Gasteiger partial charge in [-0.1, -0.05) is 0 Å². The number of rotatable bonds is 4. The predicted molar refractivity (Wildman–Crippen MR) is 79.9 cm³/mol. The standard InChI is InChI=1S/C14H22FN5O3/c1-7-8(2)20(18-12(7)13(16)22)6-11(21)19-5-9(15)4-10(19)14(23)17-3/h9-10,13,22H,4-6,16H2,1-3H3,(H,17,23). The van der Waals surface area contributed by atoms with Gasteiger partial charge in [0.25, 0.3) is 0 Å². The minimum atomic E-state index is -1.23. The van der Waals surface area contributed by atoms with Crippen molar-refractivity contribution in [2.45, 2.75) is 45.3 Å². The van der Waals surface area contributed by atoms with Crippen LogP contribution in [0.2, 0.25) is 0 Å². The van der Waals surface area contributed by atoms with Gasteiger partial charge in [0.05, 0.1) is 6.54 Å². The third kappa shape index (κ3) is 3.35. The molecule has 2 amide bonds. The molecule has 8 nitrogen and oxygen atoms in total. The molecule has 0 aliphatic carbocycles. The van der Waals surface area contributed by atoms with Gasteiger partial charge in [-0.2, -0.15) is 5.10 Å². The maximum Gasteiger partial charge on any atom is 0.245 e. The van der Waals surface area contributed by atoms with Crippen molar-refractivity contribution in [1.29, 1.82) is 0 Å². The number of hydrogen-bond acceptors (Lipinski definition) is 5. The van der Waals surface area contributed by atoms with E-state index in [4.69, 9.17) is 5.73 Å². The zero-order valence-corrected chi connectivity index (χ0v) is 13.4. The Morgan fingerprint density at radius 3 is 2.70 bits per heavy atom. The number of amides is 2. The summed E-state index contributed by atoms with van der Waals surface area (Å²) in [4.78, 5) is 25.5. The van der Waals surface area contributed by atoms with E-state index in [0.29, 0.717) is 17.0 Å². The summed E-state index contributed by atoms with van der Waals surface area (Å²) in [7, 11) is 1.45. The second-order valence-electron chi connectivity index (χ2n) is 5.71. The first-order valence-electron chi connectivity index (χ1n) is 7.39. The highest BCUT2D eigenvalue weighted by atomic mass is 19.1. The van der Waals surface area contributed by atoms with Crippen LogP contribution in [0.15, 0.2) is 0 Å². The number of alkyl halides is 1. The van der Waals surface area contributed by atoms with E-state index in [9.17, 15) is 19.1 Å². The normalized spacial score (nSPS) is 22.3. The molecule has 1 aromatic rings. The number of carbonyl (C=O) groups is 2. The van der Waals surface area contributed by atoms with Gasteiger partial charge in [-0.15, -0.1) is 0 Å². The fraction of sp³-hybridized carbons (Fsp3) is 0.643. The first kappa shape index (κ1) is 17.4. The number of nitrogens with one attached hydrogen (secondary N) is 1. The second-order valence-corrected chi connectivity index (χ2v) is 5.71. The number of aliphatic hydroxyl groups excluding tert-OH is 1.